The van der Waals surface area contributed by atoms with Gasteiger partial charge in [0.1, 0.15) is 6.17 Å². The molecule has 0 aliphatic heterocycles. The maximum absolute atomic E-state index is 13.0. The first-order chi connectivity index (χ1) is 13.1. The third kappa shape index (κ3) is 2.52. The van der Waals surface area contributed by atoms with Crippen LogP contribution in [0.15, 0.2) is 42.7 Å². The SMILES string of the molecule is N#Cc1ccc2[nH]ncc2c1-c1ccn2nc(NC(=O)[C@@H]3C[C@@H]3F)cc2c1. The molecule has 0 saturated heterocycles. The second-order valence-corrected chi connectivity index (χ2v) is 6.59. The molecular formula is C19H13FN6O. The summed E-state index contributed by atoms with van der Waals surface area (Å²) in [6, 6.07) is 11.3. The molecule has 1 aliphatic carbocycles. The number of nitrogens with zero attached hydrogens (tertiary/aromatic N) is 4. The number of pyridine rings is 1. The van der Waals surface area contributed by atoms with Crippen molar-refractivity contribution in [3.63, 3.8) is 0 Å². The van der Waals surface area contributed by atoms with E-state index in [1.165, 1.54) is 0 Å². The van der Waals surface area contributed by atoms with Gasteiger partial charge in [0.05, 0.1) is 34.8 Å². The molecule has 3 heterocycles. The number of carbonyl (C=O) groups is 1. The van der Waals surface area contributed by atoms with Crippen LogP contribution < -0.4 is 5.32 Å². The van der Waals surface area contributed by atoms with Gasteiger partial charge in [-0.05, 0) is 36.2 Å². The lowest BCUT2D eigenvalue weighted by Crippen LogP contribution is -2.15. The molecule has 1 fully saturated rings. The summed E-state index contributed by atoms with van der Waals surface area (Å²) in [4.78, 5) is 11.9. The zero-order valence-electron chi connectivity index (χ0n) is 14.0. The molecule has 0 bridgehead atoms. The monoisotopic (exact) mass is 360 g/mol. The molecule has 0 unspecified atom stereocenters. The lowest BCUT2D eigenvalue weighted by molar-refractivity contribution is -0.117. The number of hydrogen-bond donors (Lipinski definition) is 2. The van der Waals surface area contributed by atoms with Gasteiger partial charge in [0.25, 0.3) is 0 Å². The number of rotatable bonds is 3. The van der Waals surface area contributed by atoms with E-state index in [-0.39, 0.29) is 12.3 Å². The summed E-state index contributed by atoms with van der Waals surface area (Å²) in [5, 5.41) is 24.3. The maximum Gasteiger partial charge on any atom is 0.231 e. The number of carbonyl (C=O) groups excluding carboxylic acids is 1. The van der Waals surface area contributed by atoms with E-state index in [0.29, 0.717) is 11.4 Å². The van der Waals surface area contributed by atoms with E-state index < -0.39 is 12.1 Å². The average Bonchev–Trinajstić information content (AvgIpc) is 3.07. The Morgan fingerprint density at radius 3 is 3.00 bits per heavy atom. The summed E-state index contributed by atoms with van der Waals surface area (Å²) in [5.74, 6) is -0.540. The Morgan fingerprint density at radius 1 is 1.37 bits per heavy atom. The fourth-order valence-electron chi connectivity index (χ4n) is 3.29. The smallest absolute Gasteiger partial charge is 0.231 e. The van der Waals surface area contributed by atoms with E-state index in [4.69, 9.17) is 0 Å². The van der Waals surface area contributed by atoms with Gasteiger partial charge in [0.15, 0.2) is 5.82 Å². The molecule has 0 spiro atoms. The molecule has 7 nitrogen and oxygen atoms in total. The Bertz CT molecular complexity index is 1250. The van der Waals surface area contributed by atoms with Crippen LogP contribution in [-0.2, 0) is 4.79 Å². The summed E-state index contributed by atoms with van der Waals surface area (Å²) < 4.78 is 14.7. The van der Waals surface area contributed by atoms with Crippen molar-refractivity contribution < 1.29 is 9.18 Å². The van der Waals surface area contributed by atoms with Crippen molar-refractivity contribution in [2.24, 2.45) is 5.92 Å². The second kappa shape index (κ2) is 5.64. The summed E-state index contributed by atoms with van der Waals surface area (Å²) in [6.45, 7) is 0. The Morgan fingerprint density at radius 2 is 2.22 bits per heavy atom. The Hall–Kier alpha value is -3.73. The van der Waals surface area contributed by atoms with Crippen LogP contribution in [0, 0.1) is 17.2 Å². The van der Waals surface area contributed by atoms with Crippen LogP contribution in [0.25, 0.3) is 27.5 Å². The minimum absolute atomic E-state index is 0.273. The number of amides is 1. The molecule has 1 amide bonds. The molecular weight excluding hydrogens is 347 g/mol. The normalized spacial score (nSPS) is 18.5. The first-order valence-electron chi connectivity index (χ1n) is 8.45. The lowest BCUT2D eigenvalue weighted by Gasteiger charge is -2.06. The number of hydrogen-bond acceptors (Lipinski definition) is 4. The van der Waals surface area contributed by atoms with E-state index in [1.54, 1.807) is 29.0 Å². The molecule has 27 heavy (non-hydrogen) atoms. The van der Waals surface area contributed by atoms with Crippen LogP contribution in [-0.4, -0.2) is 31.9 Å². The van der Waals surface area contributed by atoms with Crippen molar-refractivity contribution in [1.29, 1.82) is 5.26 Å². The second-order valence-electron chi connectivity index (χ2n) is 6.59. The number of alkyl halides is 1. The van der Waals surface area contributed by atoms with Crippen molar-refractivity contribution >= 4 is 28.1 Å². The molecule has 1 aliphatic rings. The number of anilines is 1. The Labute approximate surface area is 152 Å². The number of benzene rings is 1. The number of halogens is 1. The highest BCUT2D eigenvalue weighted by molar-refractivity contribution is 5.98. The van der Waals surface area contributed by atoms with Crippen LogP contribution in [0.1, 0.15) is 12.0 Å². The number of aromatic amines is 1. The largest absolute Gasteiger partial charge is 0.309 e. The number of aromatic nitrogens is 4. The van der Waals surface area contributed by atoms with Crippen molar-refractivity contribution in [2.75, 3.05) is 5.32 Å². The molecule has 132 valence electrons. The Balaban J connectivity index is 1.57. The Kier molecular flexibility index (Phi) is 3.24. The van der Waals surface area contributed by atoms with Gasteiger partial charge in [0.2, 0.25) is 5.91 Å². The zero-order chi connectivity index (χ0) is 18.5. The van der Waals surface area contributed by atoms with E-state index in [1.807, 2.05) is 18.2 Å². The van der Waals surface area contributed by atoms with Crippen LogP contribution in [0.2, 0.25) is 0 Å². The van der Waals surface area contributed by atoms with Gasteiger partial charge in [-0.15, -0.1) is 0 Å². The van der Waals surface area contributed by atoms with Crippen molar-refractivity contribution in [3.05, 3.63) is 48.3 Å². The molecule has 1 aromatic carbocycles. The van der Waals surface area contributed by atoms with Crippen LogP contribution in [0.4, 0.5) is 10.2 Å². The molecule has 1 saturated carbocycles. The van der Waals surface area contributed by atoms with Crippen molar-refractivity contribution in [2.45, 2.75) is 12.6 Å². The predicted octanol–water partition coefficient (Wildman–Crippen LogP) is 3.05. The summed E-state index contributed by atoms with van der Waals surface area (Å²) in [6.07, 6.45) is 2.68. The molecule has 2 atom stereocenters. The first kappa shape index (κ1) is 15.5. The highest BCUT2D eigenvalue weighted by Crippen LogP contribution is 2.35. The van der Waals surface area contributed by atoms with Gasteiger partial charge in [-0.1, -0.05) is 0 Å². The lowest BCUT2D eigenvalue weighted by atomic mass is 9.97. The van der Waals surface area contributed by atoms with Gasteiger partial charge in [-0.2, -0.15) is 15.5 Å². The highest BCUT2D eigenvalue weighted by atomic mass is 19.1. The fourth-order valence-corrected chi connectivity index (χ4v) is 3.29. The molecule has 4 aromatic rings. The zero-order valence-corrected chi connectivity index (χ0v) is 14.0. The highest BCUT2D eigenvalue weighted by Gasteiger charge is 2.43. The van der Waals surface area contributed by atoms with Gasteiger partial charge in [-0.25, -0.2) is 8.91 Å². The summed E-state index contributed by atoms with van der Waals surface area (Å²) in [5.41, 5.74) is 3.77. The minimum Gasteiger partial charge on any atom is -0.309 e. The first-order valence-corrected chi connectivity index (χ1v) is 8.45. The average molecular weight is 360 g/mol. The fraction of sp³-hybridized carbons (Fsp3) is 0.158. The third-order valence-electron chi connectivity index (χ3n) is 4.80. The van der Waals surface area contributed by atoms with E-state index in [2.05, 4.69) is 26.7 Å². The number of nitriles is 1. The summed E-state index contributed by atoms with van der Waals surface area (Å²) in [7, 11) is 0. The van der Waals surface area contributed by atoms with Gasteiger partial charge in [0, 0.05) is 23.2 Å². The van der Waals surface area contributed by atoms with Gasteiger partial charge >= 0.3 is 0 Å². The third-order valence-corrected chi connectivity index (χ3v) is 4.80. The minimum atomic E-state index is -1.05. The summed E-state index contributed by atoms with van der Waals surface area (Å²) >= 11 is 0. The maximum atomic E-state index is 13.0. The van der Waals surface area contributed by atoms with Gasteiger partial charge in [-0.3, -0.25) is 9.89 Å². The van der Waals surface area contributed by atoms with E-state index in [0.717, 1.165) is 27.5 Å². The van der Waals surface area contributed by atoms with E-state index in [9.17, 15) is 14.4 Å². The molecule has 5 rings (SSSR count). The van der Waals surface area contributed by atoms with Crippen LogP contribution in [0.3, 0.4) is 0 Å². The number of nitrogens with one attached hydrogen (secondary N) is 2. The molecule has 0 radical (unpaired) electrons. The predicted molar refractivity (Wildman–Crippen MR) is 96.6 cm³/mol. The van der Waals surface area contributed by atoms with Crippen molar-refractivity contribution in [3.8, 4) is 17.2 Å². The van der Waals surface area contributed by atoms with E-state index >= 15 is 0 Å². The van der Waals surface area contributed by atoms with Crippen LogP contribution in [0.5, 0.6) is 0 Å². The number of fused-ring (bicyclic) bond motifs is 2. The standard InChI is InChI=1S/C19H13FN6O/c20-15-7-13(15)19(27)23-17-6-12-5-10(3-4-26(12)25-17)18-11(8-21)1-2-16-14(18)9-22-24-16/h1-6,9,13,15H,7H2,(H,22,24)(H,23,25,27)/t13-,15+/m1/s1. The topological polar surface area (TPSA) is 98.9 Å². The molecule has 2 N–H and O–H groups in total. The van der Waals surface area contributed by atoms with Crippen molar-refractivity contribution in [1.82, 2.24) is 19.8 Å². The van der Waals surface area contributed by atoms with Crippen LogP contribution >= 0.6 is 0 Å². The molecule has 3 aromatic heterocycles. The number of H-pyrrole nitrogens is 1. The van der Waals surface area contributed by atoms with Gasteiger partial charge < -0.3 is 5.32 Å². The quantitative estimate of drug-likeness (QED) is 0.586. The molecule has 8 heteroatoms.